The summed E-state index contributed by atoms with van der Waals surface area (Å²) < 4.78 is 33.9. The quantitative estimate of drug-likeness (QED) is 0.330. The number of nitrogens with zero attached hydrogens (tertiary/aromatic N) is 1. The molecule has 6 nitrogen and oxygen atoms in total. The van der Waals surface area contributed by atoms with Crippen molar-refractivity contribution in [3.8, 4) is 11.1 Å². The minimum atomic E-state index is -4.20. The van der Waals surface area contributed by atoms with Crippen molar-refractivity contribution in [3.63, 3.8) is 0 Å². The Hall–Kier alpha value is -2.87. The lowest BCUT2D eigenvalue weighted by molar-refractivity contribution is -0.141. The van der Waals surface area contributed by atoms with Crippen molar-refractivity contribution in [1.29, 1.82) is 0 Å². The van der Waals surface area contributed by atoms with Crippen molar-refractivity contribution in [2.24, 2.45) is 0 Å². The highest BCUT2D eigenvalue weighted by atomic mass is 35.5. The SMILES string of the molecule is COC(=O)CC1c2cc(C(C)=O)ccc2-c2ccccc2N1S(=O)(=O)c1ccc(Cl)c(Cl)c1. The molecule has 0 bridgehead atoms. The third kappa shape index (κ3) is 4.12. The Bertz CT molecular complexity index is 1390. The number of carbonyl (C=O) groups excluding carboxylic acids is 2. The lowest BCUT2D eigenvalue weighted by atomic mass is 9.86. The van der Waals surface area contributed by atoms with E-state index < -0.39 is 22.0 Å². The molecule has 0 aromatic heterocycles. The maximum absolute atomic E-state index is 13.9. The molecule has 0 N–H and O–H groups in total. The van der Waals surface area contributed by atoms with Crippen LogP contribution in [0.2, 0.25) is 10.0 Å². The zero-order chi connectivity index (χ0) is 23.9. The molecule has 170 valence electrons. The molecular weight excluding hydrogens is 485 g/mol. The van der Waals surface area contributed by atoms with Crippen molar-refractivity contribution < 1.29 is 22.7 Å². The van der Waals surface area contributed by atoms with Gasteiger partial charge >= 0.3 is 5.97 Å². The first-order valence-corrected chi connectivity index (χ1v) is 12.2. The lowest BCUT2D eigenvalue weighted by Gasteiger charge is -2.39. The van der Waals surface area contributed by atoms with E-state index >= 15 is 0 Å². The van der Waals surface area contributed by atoms with Crippen LogP contribution < -0.4 is 4.31 Å². The minimum Gasteiger partial charge on any atom is -0.469 e. The molecule has 1 heterocycles. The summed E-state index contributed by atoms with van der Waals surface area (Å²) in [5.74, 6) is -0.764. The molecule has 3 aromatic carbocycles. The molecule has 3 aromatic rings. The van der Waals surface area contributed by atoms with Crippen LogP contribution in [-0.2, 0) is 19.6 Å². The van der Waals surface area contributed by atoms with Gasteiger partial charge in [0.15, 0.2) is 5.78 Å². The van der Waals surface area contributed by atoms with Crippen LogP contribution in [0.4, 0.5) is 5.69 Å². The van der Waals surface area contributed by atoms with Crippen LogP contribution in [0.5, 0.6) is 0 Å². The van der Waals surface area contributed by atoms with Crippen molar-refractivity contribution >= 4 is 50.7 Å². The maximum Gasteiger partial charge on any atom is 0.307 e. The number of halogens is 2. The van der Waals surface area contributed by atoms with Crippen LogP contribution in [0.3, 0.4) is 0 Å². The van der Waals surface area contributed by atoms with Gasteiger partial charge in [0.05, 0.1) is 40.2 Å². The molecule has 33 heavy (non-hydrogen) atoms. The van der Waals surface area contributed by atoms with Gasteiger partial charge < -0.3 is 4.74 Å². The number of rotatable bonds is 5. The number of Topliss-reactive ketones (excluding diaryl/α,β-unsaturated/α-hetero) is 1. The Labute approximate surface area is 201 Å². The lowest BCUT2D eigenvalue weighted by Crippen LogP contribution is -2.39. The molecule has 0 radical (unpaired) electrons. The van der Waals surface area contributed by atoms with E-state index in [0.717, 1.165) is 5.56 Å². The third-order valence-electron chi connectivity index (χ3n) is 5.57. The second-order valence-corrected chi connectivity index (χ2v) is 10.2. The summed E-state index contributed by atoms with van der Waals surface area (Å²) in [6.07, 6.45) is -0.250. The van der Waals surface area contributed by atoms with E-state index in [-0.39, 0.29) is 27.1 Å². The predicted octanol–water partition coefficient (Wildman–Crippen LogP) is 5.68. The number of ether oxygens (including phenoxy) is 1. The molecule has 0 spiro atoms. The Morgan fingerprint density at radius 1 is 0.970 bits per heavy atom. The molecule has 0 fully saturated rings. The summed E-state index contributed by atoms with van der Waals surface area (Å²) in [7, 11) is -2.96. The van der Waals surface area contributed by atoms with Gasteiger partial charge in [0, 0.05) is 11.1 Å². The number of hydrogen-bond acceptors (Lipinski definition) is 5. The number of fused-ring (bicyclic) bond motifs is 3. The average Bonchev–Trinajstić information content (AvgIpc) is 2.80. The Kier molecular flexibility index (Phi) is 6.22. The monoisotopic (exact) mass is 503 g/mol. The fraction of sp³-hybridized carbons (Fsp3) is 0.167. The van der Waals surface area contributed by atoms with Crippen LogP contribution in [0.25, 0.3) is 11.1 Å². The molecule has 1 aliphatic heterocycles. The molecule has 9 heteroatoms. The predicted molar refractivity (Wildman–Crippen MR) is 127 cm³/mol. The smallest absolute Gasteiger partial charge is 0.307 e. The largest absolute Gasteiger partial charge is 0.469 e. The van der Waals surface area contributed by atoms with E-state index in [9.17, 15) is 18.0 Å². The highest BCUT2D eigenvalue weighted by molar-refractivity contribution is 7.92. The van der Waals surface area contributed by atoms with Gasteiger partial charge in [-0.1, -0.05) is 53.5 Å². The summed E-state index contributed by atoms with van der Waals surface area (Å²) in [4.78, 5) is 24.4. The molecule has 4 rings (SSSR count). The third-order valence-corrected chi connectivity index (χ3v) is 8.13. The van der Waals surface area contributed by atoms with E-state index in [2.05, 4.69) is 0 Å². The van der Waals surface area contributed by atoms with E-state index in [1.807, 2.05) is 0 Å². The zero-order valence-electron chi connectivity index (χ0n) is 17.7. The first-order chi connectivity index (χ1) is 15.6. The minimum absolute atomic E-state index is 0.0762. The Morgan fingerprint density at radius 3 is 2.36 bits per heavy atom. The van der Waals surface area contributed by atoms with Crippen molar-refractivity contribution in [3.05, 3.63) is 81.8 Å². The Balaban J connectivity index is 2.01. The van der Waals surface area contributed by atoms with Gasteiger partial charge in [-0.05, 0) is 48.4 Å². The number of esters is 1. The van der Waals surface area contributed by atoms with Crippen LogP contribution in [-0.4, -0.2) is 27.3 Å². The van der Waals surface area contributed by atoms with Crippen LogP contribution in [0, 0.1) is 0 Å². The van der Waals surface area contributed by atoms with Gasteiger partial charge in [0.2, 0.25) is 0 Å². The molecule has 1 unspecified atom stereocenters. The summed E-state index contributed by atoms with van der Waals surface area (Å²) in [6, 6.07) is 15.2. The number of hydrogen-bond donors (Lipinski definition) is 0. The summed E-state index contributed by atoms with van der Waals surface area (Å²) in [6.45, 7) is 1.43. The standard InChI is InChI=1S/C24H19Cl2NO5S/c1-14(28)15-7-9-17-18-5-3-4-6-22(18)27(23(19(17)11-15)13-24(29)32-2)33(30,31)16-8-10-20(25)21(26)12-16/h3-12,23H,13H2,1-2H3. The number of methoxy groups -OCH3 is 1. The number of anilines is 1. The van der Waals surface area contributed by atoms with E-state index in [1.54, 1.807) is 42.5 Å². The van der Waals surface area contributed by atoms with E-state index in [1.165, 1.54) is 36.5 Å². The van der Waals surface area contributed by atoms with Crippen molar-refractivity contribution in [2.75, 3.05) is 11.4 Å². The van der Waals surface area contributed by atoms with Gasteiger partial charge in [-0.2, -0.15) is 0 Å². The fourth-order valence-corrected chi connectivity index (χ4v) is 6.01. The molecule has 0 saturated heterocycles. The van der Waals surface area contributed by atoms with E-state index in [4.69, 9.17) is 27.9 Å². The van der Waals surface area contributed by atoms with E-state index in [0.29, 0.717) is 22.4 Å². The van der Waals surface area contributed by atoms with Gasteiger partial charge in [-0.15, -0.1) is 0 Å². The second kappa shape index (κ2) is 8.82. The number of para-hydroxylation sites is 1. The van der Waals surface area contributed by atoms with Gasteiger partial charge in [0.1, 0.15) is 0 Å². The number of sulfonamides is 1. The number of benzene rings is 3. The van der Waals surface area contributed by atoms with Crippen molar-refractivity contribution in [1.82, 2.24) is 0 Å². The maximum atomic E-state index is 13.9. The van der Waals surface area contributed by atoms with Crippen LogP contribution in [0.15, 0.2) is 65.6 Å². The summed E-state index contributed by atoms with van der Waals surface area (Å²) in [5, 5.41) is 0.309. The average molecular weight is 504 g/mol. The van der Waals surface area contributed by atoms with Crippen molar-refractivity contribution in [2.45, 2.75) is 24.3 Å². The normalized spacial score (nSPS) is 14.9. The topological polar surface area (TPSA) is 80.8 Å². The number of ketones is 1. The molecule has 1 atom stereocenters. The van der Waals surface area contributed by atoms with Crippen LogP contribution >= 0.6 is 23.2 Å². The van der Waals surface area contributed by atoms with Gasteiger partial charge in [-0.3, -0.25) is 13.9 Å². The first-order valence-electron chi connectivity index (χ1n) is 9.95. The molecule has 0 saturated carbocycles. The first kappa shape index (κ1) is 23.3. The molecule has 1 aliphatic rings. The molecular formula is C24H19Cl2NO5S. The molecule has 0 aliphatic carbocycles. The number of carbonyl (C=O) groups is 2. The molecule has 0 amide bonds. The zero-order valence-corrected chi connectivity index (χ0v) is 20.0. The van der Waals surface area contributed by atoms with Gasteiger partial charge in [0.25, 0.3) is 10.0 Å². The Morgan fingerprint density at radius 2 is 1.70 bits per heavy atom. The van der Waals surface area contributed by atoms with Gasteiger partial charge in [-0.25, -0.2) is 8.42 Å². The highest BCUT2D eigenvalue weighted by Crippen LogP contribution is 2.49. The summed E-state index contributed by atoms with van der Waals surface area (Å²) in [5.41, 5.74) is 2.75. The second-order valence-electron chi connectivity index (χ2n) is 7.55. The summed E-state index contributed by atoms with van der Waals surface area (Å²) >= 11 is 12.1. The highest BCUT2D eigenvalue weighted by Gasteiger charge is 2.40. The van der Waals surface area contributed by atoms with Crippen LogP contribution in [0.1, 0.15) is 35.3 Å². The fourth-order valence-electron chi connectivity index (χ4n) is 3.97.